The molecule has 16 heavy (non-hydrogen) atoms. The predicted octanol–water partition coefficient (Wildman–Crippen LogP) is 0.677. The molecular formula is C12H11NO3. The summed E-state index contributed by atoms with van der Waals surface area (Å²) in [5, 5.41) is 11.2. The highest BCUT2D eigenvalue weighted by atomic mass is 16.4. The van der Waals surface area contributed by atoms with Crippen LogP contribution >= 0.6 is 0 Å². The molecule has 4 nitrogen and oxygen atoms in total. The quantitative estimate of drug-likeness (QED) is 0.729. The summed E-state index contributed by atoms with van der Waals surface area (Å²) in [4.78, 5) is 21.3. The topological polar surface area (TPSA) is 66.4 Å². The SMILES string of the molecule is C#CC(=O)NCCc1ccc(C(=O)O)cc1. The highest BCUT2D eigenvalue weighted by Gasteiger charge is 2.01. The van der Waals surface area contributed by atoms with Gasteiger partial charge < -0.3 is 10.4 Å². The highest BCUT2D eigenvalue weighted by molar-refractivity contribution is 5.92. The number of rotatable bonds is 4. The van der Waals surface area contributed by atoms with Crippen LogP contribution in [0, 0.1) is 12.3 Å². The van der Waals surface area contributed by atoms with Crippen molar-refractivity contribution in [3.63, 3.8) is 0 Å². The molecule has 0 aliphatic heterocycles. The zero-order valence-corrected chi connectivity index (χ0v) is 8.56. The number of carbonyl (C=O) groups is 2. The number of nitrogens with one attached hydrogen (secondary N) is 1. The summed E-state index contributed by atoms with van der Waals surface area (Å²) in [5.41, 5.74) is 1.19. The van der Waals surface area contributed by atoms with Gasteiger partial charge in [0.15, 0.2) is 0 Å². The van der Waals surface area contributed by atoms with Crippen LogP contribution in [0.2, 0.25) is 0 Å². The zero-order chi connectivity index (χ0) is 12.0. The Balaban J connectivity index is 2.47. The van der Waals surface area contributed by atoms with Gasteiger partial charge in [-0.25, -0.2) is 4.79 Å². The first-order valence-electron chi connectivity index (χ1n) is 4.70. The van der Waals surface area contributed by atoms with E-state index in [0.717, 1.165) is 5.56 Å². The molecule has 0 aliphatic carbocycles. The van der Waals surface area contributed by atoms with Crippen LogP contribution in [-0.2, 0) is 11.2 Å². The van der Waals surface area contributed by atoms with Gasteiger partial charge in [0, 0.05) is 6.54 Å². The van der Waals surface area contributed by atoms with Crippen molar-refractivity contribution in [3.8, 4) is 12.3 Å². The molecule has 4 heteroatoms. The molecule has 1 amide bonds. The van der Waals surface area contributed by atoms with E-state index >= 15 is 0 Å². The second-order valence-electron chi connectivity index (χ2n) is 3.15. The Bertz CT molecular complexity index is 429. The van der Waals surface area contributed by atoms with Crippen molar-refractivity contribution in [2.45, 2.75) is 6.42 Å². The van der Waals surface area contributed by atoms with Gasteiger partial charge in [-0.05, 0) is 30.0 Å². The third kappa shape index (κ3) is 3.46. The smallest absolute Gasteiger partial charge is 0.335 e. The van der Waals surface area contributed by atoms with Crippen LogP contribution < -0.4 is 5.32 Å². The van der Waals surface area contributed by atoms with Crippen molar-refractivity contribution < 1.29 is 14.7 Å². The Labute approximate surface area is 93.3 Å². The van der Waals surface area contributed by atoms with E-state index in [1.165, 1.54) is 12.1 Å². The molecule has 0 saturated heterocycles. The lowest BCUT2D eigenvalue weighted by Gasteiger charge is -2.02. The zero-order valence-electron chi connectivity index (χ0n) is 8.56. The Hall–Kier alpha value is -2.28. The van der Waals surface area contributed by atoms with E-state index in [0.29, 0.717) is 13.0 Å². The fourth-order valence-corrected chi connectivity index (χ4v) is 1.19. The minimum atomic E-state index is -0.952. The highest BCUT2D eigenvalue weighted by Crippen LogP contribution is 2.04. The molecule has 1 aromatic rings. The second-order valence-corrected chi connectivity index (χ2v) is 3.15. The van der Waals surface area contributed by atoms with Crippen LogP contribution in [0.4, 0.5) is 0 Å². The number of benzene rings is 1. The Morgan fingerprint density at radius 1 is 1.31 bits per heavy atom. The number of carbonyl (C=O) groups excluding carboxylic acids is 1. The molecule has 2 N–H and O–H groups in total. The number of amides is 1. The molecule has 0 fully saturated rings. The molecule has 0 spiro atoms. The summed E-state index contributed by atoms with van der Waals surface area (Å²) >= 11 is 0. The lowest BCUT2D eigenvalue weighted by Crippen LogP contribution is -2.23. The van der Waals surface area contributed by atoms with Crippen molar-refractivity contribution in [3.05, 3.63) is 35.4 Å². The average Bonchev–Trinajstić information content (AvgIpc) is 2.29. The summed E-state index contributed by atoms with van der Waals surface area (Å²) in [7, 11) is 0. The minimum Gasteiger partial charge on any atom is -0.478 e. The van der Waals surface area contributed by atoms with Gasteiger partial charge >= 0.3 is 5.97 Å². The first kappa shape index (κ1) is 11.8. The van der Waals surface area contributed by atoms with Crippen LogP contribution in [0.3, 0.4) is 0 Å². The second kappa shape index (κ2) is 5.56. The van der Waals surface area contributed by atoms with Crippen LogP contribution in [0.25, 0.3) is 0 Å². The van der Waals surface area contributed by atoms with Crippen molar-refractivity contribution in [1.29, 1.82) is 0 Å². The summed E-state index contributed by atoms with van der Waals surface area (Å²) in [6.07, 6.45) is 5.50. The van der Waals surface area contributed by atoms with Gasteiger partial charge in [0.05, 0.1) is 5.56 Å². The molecule has 0 atom stereocenters. The first-order chi connectivity index (χ1) is 7.63. The predicted molar refractivity (Wildman–Crippen MR) is 58.9 cm³/mol. The number of hydrogen-bond donors (Lipinski definition) is 2. The van der Waals surface area contributed by atoms with Crippen molar-refractivity contribution in [2.75, 3.05) is 6.54 Å². The van der Waals surface area contributed by atoms with Gasteiger partial charge in [-0.3, -0.25) is 4.79 Å². The maximum absolute atomic E-state index is 10.7. The van der Waals surface area contributed by atoms with Crippen LogP contribution in [0.5, 0.6) is 0 Å². The molecule has 0 heterocycles. The molecule has 0 aromatic heterocycles. The van der Waals surface area contributed by atoms with Crippen molar-refractivity contribution in [1.82, 2.24) is 5.32 Å². The first-order valence-corrected chi connectivity index (χ1v) is 4.70. The third-order valence-corrected chi connectivity index (χ3v) is 2.03. The van der Waals surface area contributed by atoms with Crippen LogP contribution in [-0.4, -0.2) is 23.5 Å². The Morgan fingerprint density at radius 3 is 2.44 bits per heavy atom. The molecule has 0 bridgehead atoms. The Kier molecular flexibility index (Phi) is 4.10. The summed E-state index contributed by atoms with van der Waals surface area (Å²) in [5.74, 6) is 0.553. The van der Waals surface area contributed by atoms with Gasteiger partial charge in [-0.15, -0.1) is 6.42 Å². The maximum atomic E-state index is 10.7. The van der Waals surface area contributed by atoms with Crippen LogP contribution in [0.15, 0.2) is 24.3 Å². The fraction of sp³-hybridized carbons (Fsp3) is 0.167. The van der Waals surface area contributed by atoms with E-state index < -0.39 is 11.9 Å². The van der Waals surface area contributed by atoms with Crippen molar-refractivity contribution >= 4 is 11.9 Å². The largest absolute Gasteiger partial charge is 0.478 e. The van der Waals surface area contributed by atoms with Crippen LogP contribution in [0.1, 0.15) is 15.9 Å². The van der Waals surface area contributed by atoms with Gasteiger partial charge in [0.1, 0.15) is 0 Å². The van der Waals surface area contributed by atoms with E-state index in [2.05, 4.69) is 5.32 Å². The number of hydrogen-bond acceptors (Lipinski definition) is 2. The normalized spacial score (nSPS) is 9.19. The molecule has 0 radical (unpaired) electrons. The van der Waals surface area contributed by atoms with E-state index in [1.54, 1.807) is 12.1 Å². The van der Waals surface area contributed by atoms with Gasteiger partial charge in [-0.1, -0.05) is 12.1 Å². The molecule has 1 aromatic carbocycles. The van der Waals surface area contributed by atoms with E-state index in [9.17, 15) is 9.59 Å². The molecule has 0 unspecified atom stereocenters. The minimum absolute atomic E-state index is 0.247. The van der Waals surface area contributed by atoms with Gasteiger partial charge in [0.2, 0.25) is 0 Å². The average molecular weight is 217 g/mol. The van der Waals surface area contributed by atoms with Crippen molar-refractivity contribution in [2.24, 2.45) is 0 Å². The third-order valence-electron chi connectivity index (χ3n) is 2.03. The number of carboxylic acids is 1. The molecule has 0 aliphatic rings. The molecule has 82 valence electrons. The molecule has 1 rings (SSSR count). The fourth-order valence-electron chi connectivity index (χ4n) is 1.19. The summed E-state index contributed by atoms with van der Waals surface area (Å²) in [6, 6.07) is 6.48. The van der Waals surface area contributed by atoms with E-state index in [4.69, 9.17) is 11.5 Å². The lowest BCUT2D eigenvalue weighted by atomic mass is 10.1. The number of carboxylic acid groups (broad SMARTS) is 1. The number of aromatic carboxylic acids is 1. The van der Waals surface area contributed by atoms with E-state index in [-0.39, 0.29) is 5.56 Å². The van der Waals surface area contributed by atoms with E-state index in [1.807, 2.05) is 5.92 Å². The standard InChI is InChI=1S/C12H11NO3/c1-2-11(14)13-8-7-9-3-5-10(6-4-9)12(15)16/h1,3-6H,7-8H2,(H,13,14)(H,15,16). The molecule has 0 saturated carbocycles. The molecular weight excluding hydrogens is 206 g/mol. The van der Waals surface area contributed by atoms with Gasteiger partial charge in [0.25, 0.3) is 5.91 Å². The Morgan fingerprint density at radius 2 is 1.94 bits per heavy atom. The maximum Gasteiger partial charge on any atom is 0.335 e. The lowest BCUT2D eigenvalue weighted by molar-refractivity contribution is -0.115. The van der Waals surface area contributed by atoms with Gasteiger partial charge in [-0.2, -0.15) is 0 Å². The summed E-state index contributed by atoms with van der Waals surface area (Å²) in [6.45, 7) is 0.440. The summed E-state index contributed by atoms with van der Waals surface area (Å²) < 4.78 is 0. The monoisotopic (exact) mass is 217 g/mol. The number of terminal acetylenes is 1.